The molecule has 4 rings (SSSR count). The Bertz CT molecular complexity index is 1050. The Kier molecular flexibility index (Phi) is 4.99. The lowest BCUT2D eigenvalue weighted by Gasteiger charge is -2.10. The predicted octanol–water partition coefficient (Wildman–Crippen LogP) is 6.25. The summed E-state index contributed by atoms with van der Waals surface area (Å²) in [5.41, 5.74) is 5.87. The maximum absolute atomic E-state index is 5.28. The fourth-order valence-corrected chi connectivity index (χ4v) is 3.16. The minimum absolute atomic E-state index is 0.839. The Morgan fingerprint density at radius 2 is 1.41 bits per heavy atom. The summed E-state index contributed by atoms with van der Waals surface area (Å²) in [7, 11) is 1.67. The highest BCUT2D eigenvalue weighted by Gasteiger charge is 2.10. The van der Waals surface area contributed by atoms with E-state index < -0.39 is 0 Å². The molecular formula is C23H17BrN2O. The number of hydrogen-bond acceptors (Lipinski definition) is 3. The number of pyridine rings is 2. The van der Waals surface area contributed by atoms with E-state index in [0.29, 0.717) is 0 Å². The average molecular weight is 417 g/mol. The van der Waals surface area contributed by atoms with E-state index in [0.717, 1.165) is 44.0 Å². The number of methoxy groups -OCH3 is 1. The highest BCUT2D eigenvalue weighted by atomic mass is 79.9. The van der Waals surface area contributed by atoms with Gasteiger partial charge in [-0.2, -0.15) is 0 Å². The van der Waals surface area contributed by atoms with Crippen LogP contribution in [0.1, 0.15) is 0 Å². The monoisotopic (exact) mass is 416 g/mol. The maximum Gasteiger partial charge on any atom is 0.118 e. The van der Waals surface area contributed by atoms with Crippen LogP contribution in [0.4, 0.5) is 0 Å². The molecule has 0 saturated heterocycles. The van der Waals surface area contributed by atoms with E-state index in [9.17, 15) is 0 Å². The van der Waals surface area contributed by atoms with Gasteiger partial charge >= 0.3 is 0 Å². The molecule has 0 aliphatic rings. The minimum atomic E-state index is 0.839. The zero-order valence-electron chi connectivity index (χ0n) is 14.8. The van der Waals surface area contributed by atoms with Crippen molar-refractivity contribution in [2.24, 2.45) is 0 Å². The van der Waals surface area contributed by atoms with Crippen molar-refractivity contribution in [2.75, 3.05) is 7.11 Å². The molecule has 4 aromatic rings. The summed E-state index contributed by atoms with van der Waals surface area (Å²) in [6, 6.07) is 26.3. The Labute approximate surface area is 166 Å². The molecule has 0 radical (unpaired) electrons. The summed E-state index contributed by atoms with van der Waals surface area (Å²) >= 11 is 3.49. The van der Waals surface area contributed by atoms with Crippen LogP contribution < -0.4 is 4.74 Å². The van der Waals surface area contributed by atoms with Gasteiger partial charge in [0, 0.05) is 16.2 Å². The molecule has 0 spiro atoms. The van der Waals surface area contributed by atoms with Crippen LogP contribution in [0, 0.1) is 0 Å². The minimum Gasteiger partial charge on any atom is -0.497 e. The first-order valence-corrected chi connectivity index (χ1v) is 9.36. The SMILES string of the molecule is COc1ccc(-c2cc(-c3ccc(Br)cc3)nc(-c3ccccn3)c2)cc1. The van der Waals surface area contributed by atoms with Crippen LogP contribution in [0.25, 0.3) is 33.8 Å². The third-order valence-corrected chi connectivity index (χ3v) is 4.84. The van der Waals surface area contributed by atoms with Crippen LogP contribution in [0.15, 0.2) is 89.5 Å². The van der Waals surface area contributed by atoms with Gasteiger partial charge in [0.1, 0.15) is 5.75 Å². The molecule has 0 fully saturated rings. The van der Waals surface area contributed by atoms with E-state index in [2.05, 4.69) is 57.3 Å². The van der Waals surface area contributed by atoms with Crippen LogP contribution in [-0.2, 0) is 0 Å². The number of benzene rings is 2. The molecule has 2 aromatic heterocycles. The summed E-state index contributed by atoms with van der Waals surface area (Å²) in [5, 5.41) is 0. The third kappa shape index (κ3) is 3.91. The van der Waals surface area contributed by atoms with Gasteiger partial charge in [0.25, 0.3) is 0 Å². The molecule has 2 aromatic carbocycles. The topological polar surface area (TPSA) is 35.0 Å². The second kappa shape index (κ2) is 7.72. The summed E-state index contributed by atoms with van der Waals surface area (Å²) in [6.07, 6.45) is 1.79. The molecule has 0 unspecified atom stereocenters. The fourth-order valence-electron chi connectivity index (χ4n) is 2.89. The normalized spacial score (nSPS) is 10.6. The van der Waals surface area contributed by atoms with Crippen LogP contribution in [-0.4, -0.2) is 17.1 Å². The number of ether oxygens (including phenoxy) is 1. The quantitative estimate of drug-likeness (QED) is 0.394. The first-order chi connectivity index (χ1) is 13.2. The van der Waals surface area contributed by atoms with Crippen molar-refractivity contribution in [1.82, 2.24) is 9.97 Å². The maximum atomic E-state index is 5.28. The number of rotatable bonds is 4. The Balaban J connectivity index is 1.87. The molecule has 0 N–H and O–H groups in total. The first kappa shape index (κ1) is 17.4. The summed E-state index contributed by atoms with van der Waals surface area (Å²) in [6.45, 7) is 0. The highest BCUT2D eigenvalue weighted by Crippen LogP contribution is 2.30. The van der Waals surface area contributed by atoms with Gasteiger partial charge in [-0.1, -0.05) is 46.3 Å². The van der Waals surface area contributed by atoms with Crippen molar-refractivity contribution in [1.29, 1.82) is 0 Å². The smallest absolute Gasteiger partial charge is 0.118 e. The highest BCUT2D eigenvalue weighted by molar-refractivity contribution is 9.10. The molecule has 27 heavy (non-hydrogen) atoms. The first-order valence-electron chi connectivity index (χ1n) is 8.57. The van der Waals surface area contributed by atoms with Crippen molar-refractivity contribution >= 4 is 15.9 Å². The zero-order valence-corrected chi connectivity index (χ0v) is 16.3. The molecule has 0 bridgehead atoms. The Morgan fingerprint density at radius 3 is 2.07 bits per heavy atom. The molecule has 2 heterocycles. The summed E-state index contributed by atoms with van der Waals surface area (Å²) < 4.78 is 6.32. The molecule has 132 valence electrons. The summed E-state index contributed by atoms with van der Waals surface area (Å²) in [4.78, 5) is 9.33. The molecule has 0 atom stereocenters. The van der Waals surface area contributed by atoms with Crippen molar-refractivity contribution in [3.8, 4) is 39.5 Å². The van der Waals surface area contributed by atoms with Gasteiger partial charge in [-0.3, -0.25) is 4.98 Å². The van der Waals surface area contributed by atoms with Gasteiger partial charge in [0.15, 0.2) is 0 Å². The van der Waals surface area contributed by atoms with Gasteiger partial charge in [-0.05, 0) is 59.7 Å². The average Bonchev–Trinajstić information content (AvgIpc) is 2.74. The zero-order chi connectivity index (χ0) is 18.6. The molecule has 0 aliphatic heterocycles. The molecule has 0 saturated carbocycles. The van der Waals surface area contributed by atoms with Crippen LogP contribution in [0.5, 0.6) is 5.75 Å². The summed E-state index contributed by atoms with van der Waals surface area (Å²) in [5.74, 6) is 0.839. The number of hydrogen-bond donors (Lipinski definition) is 0. The Morgan fingerprint density at radius 1 is 0.704 bits per heavy atom. The van der Waals surface area contributed by atoms with Gasteiger partial charge < -0.3 is 4.74 Å². The molecule has 0 amide bonds. The van der Waals surface area contributed by atoms with Crippen molar-refractivity contribution in [3.05, 3.63) is 89.5 Å². The molecule has 4 heteroatoms. The standard InChI is InChI=1S/C23H17BrN2O/c1-27-20-11-7-16(8-12-20)18-14-22(17-5-9-19(24)10-6-17)26-23(15-18)21-4-2-3-13-25-21/h2-15H,1H3. The van der Waals surface area contributed by atoms with Gasteiger partial charge in [0.05, 0.1) is 24.2 Å². The third-order valence-electron chi connectivity index (χ3n) is 4.32. The van der Waals surface area contributed by atoms with Crippen molar-refractivity contribution < 1.29 is 4.74 Å². The number of halogens is 1. The lowest BCUT2D eigenvalue weighted by molar-refractivity contribution is 0.415. The lowest BCUT2D eigenvalue weighted by Crippen LogP contribution is -1.92. The fraction of sp³-hybridized carbons (Fsp3) is 0.0435. The van der Waals surface area contributed by atoms with E-state index in [1.165, 1.54) is 0 Å². The van der Waals surface area contributed by atoms with E-state index in [4.69, 9.17) is 9.72 Å². The van der Waals surface area contributed by atoms with Gasteiger partial charge in [-0.15, -0.1) is 0 Å². The number of aromatic nitrogens is 2. The molecular weight excluding hydrogens is 400 g/mol. The van der Waals surface area contributed by atoms with Crippen LogP contribution >= 0.6 is 15.9 Å². The van der Waals surface area contributed by atoms with Crippen LogP contribution in [0.3, 0.4) is 0 Å². The van der Waals surface area contributed by atoms with Crippen LogP contribution in [0.2, 0.25) is 0 Å². The largest absolute Gasteiger partial charge is 0.497 e. The predicted molar refractivity (Wildman–Crippen MR) is 113 cm³/mol. The van der Waals surface area contributed by atoms with E-state index >= 15 is 0 Å². The van der Waals surface area contributed by atoms with E-state index in [-0.39, 0.29) is 0 Å². The van der Waals surface area contributed by atoms with Gasteiger partial charge in [0.2, 0.25) is 0 Å². The molecule has 0 aliphatic carbocycles. The lowest BCUT2D eigenvalue weighted by atomic mass is 10.0. The second-order valence-electron chi connectivity index (χ2n) is 6.08. The Hall–Kier alpha value is -2.98. The number of nitrogens with zero attached hydrogens (tertiary/aromatic N) is 2. The van der Waals surface area contributed by atoms with Crippen molar-refractivity contribution in [3.63, 3.8) is 0 Å². The second-order valence-corrected chi connectivity index (χ2v) is 6.99. The van der Waals surface area contributed by atoms with E-state index in [1.54, 1.807) is 13.3 Å². The van der Waals surface area contributed by atoms with Crippen molar-refractivity contribution in [2.45, 2.75) is 0 Å². The molecule has 3 nitrogen and oxygen atoms in total. The van der Waals surface area contributed by atoms with Gasteiger partial charge in [-0.25, -0.2) is 4.98 Å². The van der Waals surface area contributed by atoms with E-state index in [1.807, 2.05) is 42.5 Å².